The summed E-state index contributed by atoms with van der Waals surface area (Å²) in [7, 11) is 0. The van der Waals surface area contributed by atoms with Crippen LogP contribution in [0.25, 0.3) is 0 Å². The Morgan fingerprint density at radius 2 is 1.92 bits per heavy atom. The minimum atomic E-state index is -0.958. The van der Waals surface area contributed by atoms with E-state index in [2.05, 4.69) is 49.2 Å². The zero-order chi connectivity index (χ0) is 26.7. The lowest BCUT2D eigenvalue weighted by atomic mass is 9.51. The molecule has 1 amide bonds. The fourth-order valence-electron chi connectivity index (χ4n) is 7.92. The second-order valence-corrected chi connectivity index (χ2v) is 12.7. The molecular weight excluding hydrogens is 496 g/mol. The molecule has 6 rings (SSSR count). The third kappa shape index (κ3) is 4.08. The number of fused-ring (bicyclic) bond motifs is 1. The van der Waals surface area contributed by atoms with E-state index in [1.54, 1.807) is 0 Å². The van der Waals surface area contributed by atoms with Crippen molar-refractivity contribution in [3.8, 4) is 5.75 Å². The number of benzene rings is 2. The van der Waals surface area contributed by atoms with Crippen molar-refractivity contribution in [1.82, 2.24) is 10.2 Å². The molecule has 1 saturated heterocycles. The van der Waals surface area contributed by atoms with Crippen molar-refractivity contribution in [2.45, 2.75) is 101 Å². The molecule has 5 nitrogen and oxygen atoms in total. The van der Waals surface area contributed by atoms with E-state index in [-0.39, 0.29) is 24.1 Å². The summed E-state index contributed by atoms with van der Waals surface area (Å²) < 4.78 is 6.73. The van der Waals surface area contributed by atoms with Crippen molar-refractivity contribution in [3.05, 3.63) is 63.7 Å². The minimum absolute atomic E-state index is 0.00449. The summed E-state index contributed by atoms with van der Waals surface area (Å²) in [6.07, 6.45) is 6.71. The van der Waals surface area contributed by atoms with Gasteiger partial charge in [0.2, 0.25) is 5.91 Å². The molecule has 2 heterocycles. The molecule has 2 saturated carbocycles. The first-order valence-electron chi connectivity index (χ1n) is 14.6. The average molecular weight is 537 g/mol. The van der Waals surface area contributed by atoms with Crippen LogP contribution in [0.5, 0.6) is 5.75 Å². The fourth-order valence-corrected chi connectivity index (χ4v) is 8.12. The number of nitrogens with one attached hydrogen (secondary N) is 1. The number of aliphatic hydroxyl groups is 1. The van der Waals surface area contributed by atoms with Crippen molar-refractivity contribution in [2.24, 2.45) is 5.92 Å². The van der Waals surface area contributed by atoms with Crippen LogP contribution in [0.15, 0.2) is 36.4 Å². The highest BCUT2D eigenvalue weighted by molar-refractivity contribution is 6.32. The Bertz CT molecular complexity index is 1230. The standard InChI is InChI=1S/C32H41ClN2O3/c1-4-7-23-8-5-6-9-24(23)18-27(36)34-26-14-15-32(37)21(3)35(19-22-11-12-22)17-16-31(32)28-20(2)10-13-25(33)29(28)38-30(26)31/h5-6,8-10,13,21-22,26,30,37H,4,7,11-12,14-19H2,1-3H3,(H,34,36)/t21?,26-,30+,31+,32-/m1/s1. The number of piperidine rings is 1. The van der Waals surface area contributed by atoms with Crippen LogP contribution < -0.4 is 10.1 Å². The lowest BCUT2D eigenvalue weighted by Crippen LogP contribution is -2.76. The van der Waals surface area contributed by atoms with Gasteiger partial charge in [-0.1, -0.05) is 55.3 Å². The Morgan fingerprint density at radius 1 is 1.16 bits per heavy atom. The largest absolute Gasteiger partial charge is 0.485 e. The van der Waals surface area contributed by atoms with E-state index in [0.717, 1.165) is 55.0 Å². The second kappa shape index (κ2) is 9.83. The Kier molecular flexibility index (Phi) is 6.77. The third-order valence-corrected chi connectivity index (χ3v) is 10.3. The summed E-state index contributed by atoms with van der Waals surface area (Å²) in [5, 5.41) is 16.6. The van der Waals surface area contributed by atoms with Crippen molar-refractivity contribution in [3.63, 3.8) is 0 Å². The fraction of sp³-hybridized carbons (Fsp3) is 0.594. The quantitative estimate of drug-likeness (QED) is 0.500. The minimum Gasteiger partial charge on any atom is -0.485 e. The van der Waals surface area contributed by atoms with Gasteiger partial charge in [0.1, 0.15) is 11.9 Å². The topological polar surface area (TPSA) is 61.8 Å². The van der Waals surface area contributed by atoms with Gasteiger partial charge in [-0.25, -0.2) is 0 Å². The van der Waals surface area contributed by atoms with Crippen molar-refractivity contribution >= 4 is 17.5 Å². The lowest BCUT2D eigenvalue weighted by Gasteiger charge is -2.61. The van der Waals surface area contributed by atoms with E-state index < -0.39 is 11.0 Å². The van der Waals surface area contributed by atoms with Crippen molar-refractivity contribution in [1.29, 1.82) is 0 Å². The van der Waals surface area contributed by atoms with Gasteiger partial charge in [0.25, 0.3) is 0 Å². The SMILES string of the molecule is CCCc1ccccc1CC(=O)N[C@@H]1CC[C@@]2(O)C(C)N(CC3CC3)CC[C@@]23c2c(C)ccc(Cl)c2O[C@@H]13. The highest BCUT2D eigenvalue weighted by Crippen LogP contribution is 2.62. The Labute approximate surface area is 231 Å². The lowest BCUT2D eigenvalue weighted by molar-refractivity contribution is -0.183. The number of aryl methyl sites for hydroxylation is 2. The summed E-state index contributed by atoms with van der Waals surface area (Å²) in [5.41, 5.74) is 2.93. The maximum absolute atomic E-state index is 13.5. The molecular formula is C32H41ClN2O3. The summed E-state index contributed by atoms with van der Waals surface area (Å²) in [6.45, 7) is 8.44. The molecule has 5 atom stereocenters. The first kappa shape index (κ1) is 26.2. The number of hydrogen-bond acceptors (Lipinski definition) is 4. The number of nitrogens with zero attached hydrogens (tertiary/aromatic N) is 1. The Hall–Kier alpha value is -2.08. The molecule has 0 radical (unpaired) electrons. The highest BCUT2D eigenvalue weighted by atomic mass is 35.5. The van der Waals surface area contributed by atoms with Gasteiger partial charge in [-0.15, -0.1) is 0 Å². The van der Waals surface area contributed by atoms with Crippen LogP contribution in [-0.2, 0) is 23.1 Å². The van der Waals surface area contributed by atoms with Crippen LogP contribution in [0.3, 0.4) is 0 Å². The normalized spacial score (nSPS) is 32.2. The highest BCUT2D eigenvalue weighted by Gasteiger charge is 2.70. The third-order valence-electron chi connectivity index (χ3n) is 10.0. The van der Waals surface area contributed by atoms with E-state index in [1.165, 1.54) is 18.4 Å². The molecule has 2 N–H and O–H groups in total. The molecule has 204 valence electrons. The van der Waals surface area contributed by atoms with E-state index in [9.17, 15) is 9.90 Å². The number of carbonyl (C=O) groups is 1. The molecule has 2 aliphatic heterocycles. The molecule has 0 aromatic heterocycles. The summed E-state index contributed by atoms with van der Waals surface area (Å²) in [5.74, 6) is 1.48. The van der Waals surface area contributed by atoms with Gasteiger partial charge in [-0.3, -0.25) is 9.69 Å². The molecule has 3 fully saturated rings. The molecule has 0 bridgehead atoms. The molecule has 4 aliphatic rings. The summed E-state index contributed by atoms with van der Waals surface area (Å²) >= 11 is 6.73. The smallest absolute Gasteiger partial charge is 0.224 e. The number of rotatable bonds is 7. The van der Waals surface area contributed by atoms with Crippen LogP contribution in [0.1, 0.15) is 74.6 Å². The zero-order valence-electron chi connectivity index (χ0n) is 22.9. The van der Waals surface area contributed by atoms with Gasteiger partial charge in [0, 0.05) is 18.2 Å². The monoisotopic (exact) mass is 536 g/mol. The van der Waals surface area contributed by atoms with Gasteiger partial charge < -0.3 is 15.2 Å². The number of hydrogen-bond donors (Lipinski definition) is 2. The van der Waals surface area contributed by atoms with Gasteiger partial charge in [-0.2, -0.15) is 0 Å². The van der Waals surface area contributed by atoms with Gasteiger partial charge in [-0.05, 0) is 87.6 Å². The molecule has 2 aliphatic carbocycles. The van der Waals surface area contributed by atoms with Crippen LogP contribution in [0.2, 0.25) is 5.02 Å². The Balaban J connectivity index is 1.33. The van der Waals surface area contributed by atoms with Crippen LogP contribution >= 0.6 is 11.6 Å². The number of ether oxygens (including phenoxy) is 1. The Morgan fingerprint density at radius 3 is 2.66 bits per heavy atom. The van der Waals surface area contributed by atoms with E-state index in [0.29, 0.717) is 30.0 Å². The average Bonchev–Trinajstić information content (AvgIpc) is 3.64. The van der Waals surface area contributed by atoms with E-state index in [4.69, 9.17) is 16.3 Å². The molecule has 1 spiro atoms. The maximum Gasteiger partial charge on any atom is 0.224 e. The predicted octanol–water partition coefficient (Wildman–Crippen LogP) is 5.36. The summed E-state index contributed by atoms with van der Waals surface area (Å²) in [4.78, 5) is 16.0. The maximum atomic E-state index is 13.5. The number of likely N-dealkylation sites (tertiary alicyclic amines) is 1. The first-order chi connectivity index (χ1) is 18.3. The number of carbonyl (C=O) groups excluding carboxylic acids is 1. The van der Waals surface area contributed by atoms with E-state index >= 15 is 0 Å². The number of amides is 1. The van der Waals surface area contributed by atoms with Crippen LogP contribution in [0.4, 0.5) is 0 Å². The molecule has 6 heteroatoms. The van der Waals surface area contributed by atoms with Crippen molar-refractivity contribution < 1.29 is 14.6 Å². The van der Waals surface area contributed by atoms with E-state index in [1.807, 2.05) is 18.2 Å². The summed E-state index contributed by atoms with van der Waals surface area (Å²) in [6, 6.07) is 12.0. The zero-order valence-corrected chi connectivity index (χ0v) is 23.7. The van der Waals surface area contributed by atoms with Crippen molar-refractivity contribution in [2.75, 3.05) is 13.1 Å². The second-order valence-electron chi connectivity index (χ2n) is 12.3. The van der Waals surface area contributed by atoms with Crippen LogP contribution in [0, 0.1) is 12.8 Å². The number of halogens is 1. The van der Waals surface area contributed by atoms with Gasteiger partial charge >= 0.3 is 0 Å². The molecule has 38 heavy (non-hydrogen) atoms. The molecule has 1 unspecified atom stereocenters. The predicted molar refractivity (Wildman–Crippen MR) is 151 cm³/mol. The van der Waals surface area contributed by atoms with Gasteiger partial charge in [0.05, 0.1) is 28.5 Å². The van der Waals surface area contributed by atoms with Gasteiger partial charge in [0.15, 0.2) is 0 Å². The molecule has 2 aromatic carbocycles. The first-order valence-corrected chi connectivity index (χ1v) is 14.9. The van der Waals surface area contributed by atoms with Crippen LogP contribution in [-0.4, -0.2) is 52.8 Å². The molecule has 2 aromatic rings.